The Bertz CT molecular complexity index is 807. The standard InChI is InChI=1S/C21H27N5O2/c1-3-28-18-6-4-17(5-7-18)12-21(27)25-10-8-24(9-11-25)19-13-20-23-16(2)14-26(20)15-22-19/h4-7,13,15-16H,3,8-12,14H2,1-2H3. The summed E-state index contributed by atoms with van der Waals surface area (Å²) in [6, 6.07) is 8.10. The number of carbonyl (C=O) groups is 1. The molecule has 3 aliphatic heterocycles. The van der Waals surface area contributed by atoms with E-state index in [-0.39, 0.29) is 5.91 Å². The fraction of sp³-hybridized carbons (Fsp3) is 0.476. The van der Waals surface area contributed by atoms with Crippen LogP contribution in [0.1, 0.15) is 19.4 Å². The lowest BCUT2D eigenvalue weighted by Crippen LogP contribution is -2.49. The van der Waals surface area contributed by atoms with Crippen LogP contribution < -0.4 is 4.74 Å². The average molecular weight is 381 g/mol. The molecule has 0 saturated carbocycles. The highest BCUT2D eigenvalue weighted by Gasteiger charge is 2.27. The summed E-state index contributed by atoms with van der Waals surface area (Å²) < 4.78 is 5.45. The number of benzene rings is 1. The van der Waals surface area contributed by atoms with Gasteiger partial charge in [0.25, 0.3) is 0 Å². The van der Waals surface area contributed by atoms with E-state index in [4.69, 9.17) is 4.74 Å². The minimum absolute atomic E-state index is 0.171. The lowest BCUT2D eigenvalue weighted by Gasteiger charge is -2.37. The number of ether oxygens (including phenoxy) is 1. The van der Waals surface area contributed by atoms with E-state index in [1.807, 2.05) is 42.4 Å². The molecule has 1 amide bonds. The van der Waals surface area contributed by atoms with Crippen molar-refractivity contribution in [2.45, 2.75) is 26.3 Å². The van der Waals surface area contributed by atoms with Crippen molar-refractivity contribution in [3.05, 3.63) is 41.7 Å². The van der Waals surface area contributed by atoms with Gasteiger partial charge in [0.2, 0.25) is 5.91 Å². The molecule has 0 aromatic heterocycles. The third-order valence-electron chi connectivity index (χ3n) is 5.24. The summed E-state index contributed by atoms with van der Waals surface area (Å²) in [6.07, 6.45) is 4.36. The minimum Gasteiger partial charge on any atom is -0.494 e. The number of hydrogen-bond acceptors (Lipinski definition) is 6. The van der Waals surface area contributed by atoms with E-state index in [2.05, 4.69) is 32.8 Å². The number of piperazine rings is 1. The number of nitrogens with zero attached hydrogens (tertiary/aromatic N) is 5. The number of aliphatic imine (C=N–C) groups is 2. The molecule has 0 N–H and O–H groups in total. The SMILES string of the molecule is CCOc1ccc(CC(=O)N2CCN(C3=CC4=NC(C)CN4C=N3)CC2)cc1. The quantitative estimate of drug-likeness (QED) is 0.780. The van der Waals surface area contributed by atoms with Gasteiger partial charge in [-0.1, -0.05) is 12.1 Å². The maximum Gasteiger partial charge on any atom is 0.227 e. The summed E-state index contributed by atoms with van der Waals surface area (Å²) >= 11 is 0. The number of fused-ring (bicyclic) bond motifs is 1. The predicted octanol–water partition coefficient (Wildman–Crippen LogP) is 1.76. The van der Waals surface area contributed by atoms with E-state index < -0.39 is 0 Å². The van der Waals surface area contributed by atoms with Gasteiger partial charge in [-0.3, -0.25) is 9.79 Å². The Morgan fingerprint density at radius 1 is 1.18 bits per heavy atom. The molecule has 1 aromatic carbocycles. The van der Waals surface area contributed by atoms with E-state index in [1.54, 1.807) is 0 Å². The van der Waals surface area contributed by atoms with Crippen molar-refractivity contribution in [1.29, 1.82) is 0 Å². The molecule has 1 unspecified atom stereocenters. The molecule has 0 aliphatic carbocycles. The van der Waals surface area contributed by atoms with Gasteiger partial charge in [0.15, 0.2) is 0 Å². The first kappa shape index (κ1) is 18.5. The summed E-state index contributed by atoms with van der Waals surface area (Å²) in [7, 11) is 0. The van der Waals surface area contributed by atoms with Gasteiger partial charge in [-0.25, -0.2) is 4.99 Å². The number of amidine groups is 1. The van der Waals surface area contributed by atoms with Gasteiger partial charge in [-0.15, -0.1) is 0 Å². The molecule has 3 heterocycles. The lowest BCUT2D eigenvalue weighted by molar-refractivity contribution is -0.131. The highest BCUT2D eigenvalue weighted by Crippen LogP contribution is 2.19. The zero-order valence-corrected chi connectivity index (χ0v) is 16.5. The van der Waals surface area contributed by atoms with Crippen LogP contribution in [0.2, 0.25) is 0 Å². The third kappa shape index (κ3) is 4.03. The van der Waals surface area contributed by atoms with Gasteiger partial charge in [-0.2, -0.15) is 0 Å². The van der Waals surface area contributed by atoms with Crippen LogP contribution in [-0.2, 0) is 11.2 Å². The van der Waals surface area contributed by atoms with Crippen molar-refractivity contribution in [2.75, 3.05) is 39.3 Å². The van der Waals surface area contributed by atoms with Crippen molar-refractivity contribution < 1.29 is 9.53 Å². The normalized spacial score (nSPS) is 21.4. The first-order valence-corrected chi connectivity index (χ1v) is 9.97. The van der Waals surface area contributed by atoms with E-state index in [0.29, 0.717) is 19.1 Å². The monoisotopic (exact) mass is 381 g/mol. The van der Waals surface area contributed by atoms with Crippen LogP contribution in [0.4, 0.5) is 0 Å². The fourth-order valence-electron chi connectivity index (χ4n) is 3.74. The molecule has 3 aliphatic rings. The van der Waals surface area contributed by atoms with Gasteiger partial charge in [0.1, 0.15) is 17.4 Å². The van der Waals surface area contributed by atoms with Crippen LogP contribution in [-0.4, -0.2) is 78.2 Å². The van der Waals surface area contributed by atoms with Crippen LogP contribution in [0.3, 0.4) is 0 Å². The van der Waals surface area contributed by atoms with Crippen molar-refractivity contribution in [3.63, 3.8) is 0 Å². The summed E-state index contributed by atoms with van der Waals surface area (Å²) in [4.78, 5) is 28.1. The Kier molecular flexibility index (Phi) is 5.32. The maximum atomic E-state index is 12.7. The molecular weight excluding hydrogens is 354 g/mol. The number of hydrogen-bond donors (Lipinski definition) is 0. The molecule has 1 fully saturated rings. The Labute approximate surface area is 166 Å². The molecule has 4 rings (SSSR count). The predicted molar refractivity (Wildman–Crippen MR) is 110 cm³/mol. The van der Waals surface area contributed by atoms with Gasteiger partial charge in [-0.05, 0) is 31.5 Å². The summed E-state index contributed by atoms with van der Waals surface area (Å²) in [5.41, 5.74) is 1.02. The second-order valence-electron chi connectivity index (χ2n) is 7.36. The zero-order valence-electron chi connectivity index (χ0n) is 16.5. The second kappa shape index (κ2) is 8.04. The molecule has 7 nitrogen and oxygen atoms in total. The van der Waals surface area contributed by atoms with Crippen molar-refractivity contribution in [1.82, 2.24) is 14.7 Å². The van der Waals surface area contributed by atoms with Gasteiger partial charge >= 0.3 is 0 Å². The van der Waals surface area contributed by atoms with E-state index in [1.165, 1.54) is 0 Å². The minimum atomic E-state index is 0.171. The van der Waals surface area contributed by atoms with Crippen LogP contribution in [0.15, 0.2) is 46.1 Å². The smallest absolute Gasteiger partial charge is 0.227 e. The molecule has 0 radical (unpaired) electrons. The topological polar surface area (TPSA) is 60.7 Å². The Morgan fingerprint density at radius 2 is 1.93 bits per heavy atom. The van der Waals surface area contributed by atoms with Gasteiger partial charge < -0.3 is 19.4 Å². The molecule has 0 bridgehead atoms. The zero-order chi connectivity index (χ0) is 19.5. The molecule has 1 aromatic rings. The molecular formula is C21H27N5O2. The molecule has 148 valence electrons. The number of carbonyl (C=O) groups excluding carboxylic acids is 1. The maximum absolute atomic E-state index is 12.7. The van der Waals surface area contributed by atoms with E-state index >= 15 is 0 Å². The van der Waals surface area contributed by atoms with Gasteiger partial charge in [0.05, 0.1) is 25.4 Å². The van der Waals surface area contributed by atoms with Crippen LogP contribution in [0, 0.1) is 0 Å². The van der Waals surface area contributed by atoms with Crippen LogP contribution >= 0.6 is 0 Å². The van der Waals surface area contributed by atoms with Crippen molar-refractivity contribution in [3.8, 4) is 5.75 Å². The van der Waals surface area contributed by atoms with Crippen molar-refractivity contribution >= 4 is 18.1 Å². The number of rotatable bonds is 5. The number of amides is 1. The molecule has 7 heteroatoms. The Hall–Kier alpha value is -2.83. The lowest BCUT2D eigenvalue weighted by atomic mass is 10.1. The first-order valence-electron chi connectivity index (χ1n) is 9.97. The average Bonchev–Trinajstić information content (AvgIpc) is 3.09. The molecule has 28 heavy (non-hydrogen) atoms. The summed E-state index contributed by atoms with van der Waals surface area (Å²) in [5.74, 6) is 2.95. The molecule has 0 spiro atoms. The molecule has 1 saturated heterocycles. The largest absolute Gasteiger partial charge is 0.494 e. The van der Waals surface area contributed by atoms with Crippen molar-refractivity contribution in [2.24, 2.45) is 9.98 Å². The summed E-state index contributed by atoms with van der Waals surface area (Å²) in [6.45, 7) is 8.64. The van der Waals surface area contributed by atoms with E-state index in [9.17, 15) is 4.79 Å². The first-order chi connectivity index (χ1) is 13.6. The highest BCUT2D eigenvalue weighted by atomic mass is 16.5. The molecule has 1 atom stereocenters. The summed E-state index contributed by atoms with van der Waals surface area (Å²) in [5, 5.41) is 0. The third-order valence-corrected chi connectivity index (χ3v) is 5.24. The Balaban J connectivity index is 1.30. The van der Waals surface area contributed by atoms with E-state index in [0.717, 1.165) is 55.7 Å². The van der Waals surface area contributed by atoms with Crippen LogP contribution in [0.25, 0.3) is 0 Å². The van der Waals surface area contributed by atoms with Gasteiger partial charge in [0, 0.05) is 38.8 Å². The Morgan fingerprint density at radius 3 is 2.64 bits per heavy atom. The van der Waals surface area contributed by atoms with Crippen LogP contribution in [0.5, 0.6) is 5.75 Å². The highest BCUT2D eigenvalue weighted by molar-refractivity contribution is 6.03. The second-order valence-corrected chi connectivity index (χ2v) is 7.36. The fourth-order valence-corrected chi connectivity index (χ4v) is 3.74.